The third kappa shape index (κ3) is 50.7. The van der Waals surface area contributed by atoms with E-state index in [4.69, 9.17) is 13.8 Å². The molecule has 69 heavy (non-hydrogen) atoms. The molecule has 3 atom stereocenters. The smallest absolute Gasteiger partial charge is 0.306 e. The molecular weight excluding hydrogens is 880 g/mol. The van der Waals surface area contributed by atoms with Crippen molar-refractivity contribution in [3.8, 4) is 0 Å². The van der Waals surface area contributed by atoms with Gasteiger partial charge < -0.3 is 28.5 Å². The van der Waals surface area contributed by atoms with Gasteiger partial charge in [-0.2, -0.15) is 0 Å². The van der Waals surface area contributed by atoms with Gasteiger partial charge in [-0.05, 0) is 83.1 Å². The number of quaternary nitrogens is 1. The summed E-state index contributed by atoms with van der Waals surface area (Å²) in [7, 11) is 1.17. The molecule has 9 nitrogen and oxygen atoms in total. The Bertz CT molecular complexity index is 1330. The van der Waals surface area contributed by atoms with Gasteiger partial charge in [0.25, 0.3) is 7.82 Å². The Morgan fingerprint density at radius 3 is 1.35 bits per heavy atom. The van der Waals surface area contributed by atoms with E-state index in [9.17, 15) is 19.0 Å². The maximum Gasteiger partial charge on any atom is 0.306 e. The number of amides is 1. The average molecular weight is 992 g/mol. The second kappa shape index (κ2) is 49.5. The molecule has 1 N–H and O–H groups in total. The molecular formula is C59H111N2O7P. The number of nitrogens with zero attached hydrogens (tertiary/aromatic N) is 1. The Kier molecular flexibility index (Phi) is 48.1. The molecule has 1 amide bonds. The maximum absolute atomic E-state index is 13.5. The van der Waals surface area contributed by atoms with Crippen LogP contribution in [0.3, 0.4) is 0 Å². The highest BCUT2D eigenvalue weighted by Crippen LogP contribution is 2.38. The van der Waals surface area contributed by atoms with Crippen LogP contribution < -0.4 is 10.2 Å². The van der Waals surface area contributed by atoms with Crippen LogP contribution in [0, 0.1) is 0 Å². The van der Waals surface area contributed by atoms with Crippen molar-refractivity contribution >= 4 is 19.7 Å². The normalized spacial score (nSPS) is 14.1. The van der Waals surface area contributed by atoms with Crippen LogP contribution in [0.25, 0.3) is 0 Å². The van der Waals surface area contributed by atoms with Crippen molar-refractivity contribution < 1.29 is 37.3 Å². The summed E-state index contributed by atoms with van der Waals surface area (Å²) in [5, 5.41) is 3.01. The molecule has 0 aliphatic carbocycles. The second-order valence-electron chi connectivity index (χ2n) is 20.8. The molecule has 10 heteroatoms. The van der Waals surface area contributed by atoms with Crippen molar-refractivity contribution in [3.05, 3.63) is 48.6 Å². The largest absolute Gasteiger partial charge is 0.756 e. The van der Waals surface area contributed by atoms with E-state index in [2.05, 4.69) is 62.5 Å². The quantitative estimate of drug-likeness (QED) is 0.0161. The number of unbranched alkanes of at least 4 members (excludes halogenated alkanes) is 31. The average Bonchev–Trinajstić information content (AvgIpc) is 3.31. The molecule has 3 unspecified atom stereocenters. The molecule has 0 rings (SSSR count). The van der Waals surface area contributed by atoms with Gasteiger partial charge in [-0.15, -0.1) is 0 Å². The van der Waals surface area contributed by atoms with Gasteiger partial charge in [-0.25, -0.2) is 0 Å². The van der Waals surface area contributed by atoms with Crippen molar-refractivity contribution in [2.24, 2.45) is 0 Å². The Balaban J connectivity index is 5.32. The Labute approximate surface area is 427 Å². The number of likely N-dealkylation sites (N-methyl/N-ethyl adjacent to an activating group) is 1. The monoisotopic (exact) mass is 991 g/mol. The van der Waals surface area contributed by atoms with Crippen LogP contribution in [0.15, 0.2) is 48.6 Å². The van der Waals surface area contributed by atoms with Gasteiger partial charge in [0.1, 0.15) is 19.3 Å². The van der Waals surface area contributed by atoms with Crippen LogP contribution in [0.2, 0.25) is 0 Å². The van der Waals surface area contributed by atoms with Crippen LogP contribution in [-0.4, -0.2) is 69.4 Å². The van der Waals surface area contributed by atoms with Crippen molar-refractivity contribution in [3.63, 3.8) is 0 Å². The van der Waals surface area contributed by atoms with Gasteiger partial charge in [0, 0.05) is 12.8 Å². The van der Waals surface area contributed by atoms with Crippen molar-refractivity contribution in [2.75, 3.05) is 40.9 Å². The van der Waals surface area contributed by atoms with Crippen LogP contribution >= 0.6 is 7.82 Å². The zero-order valence-corrected chi connectivity index (χ0v) is 46.9. The van der Waals surface area contributed by atoms with E-state index in [0.717, 1.165) is 103 Å². The predicted molar refractivity (Wildman–Crippen MR) is 293 cm³/mol. The molecule has 0 aliphatic rings. The van der Waals surface area contributed by atoms with Gasteiger partial charge in [0.15, 0.2) is 0 Å². The summed E-state index contributed by atoms with van der Waals surface area (Å²) in [6.07, 6.45) is 59.2. The minimum Gasteiger partial charge on any atom is -0.756 e. The molecule has 0 heterocycles. The van der Waals surface area contributed by atoms with E-state index in [0.29, 0.717) is 17.4 Å². The number of phosphoric acid groups is 1. The molecule has 0 aromatic rings. The Morgan fingerprint density at radius 1 is 0.507 bits per heavy atom. The molecule has 404 valence electrons. The molecule has 0 spiro atoms. The fourth-order valence-electron chi connectivity index (χ4n) is 8.21. The fraction of sp³-hybridized carbons (Fsp3) is 0.831. The van der Waals surface area contributed by atoms with Crippen molar-refractivity contribution in [2.45, 2.75) is 277 Å². The first kappa shape index (κ1) is 67.0. The summed E-state index contributed by atoms with van der Waals surface area (Å²) < 4.78 is 30.2. The van der Waals surface area contributed by atoms with E-state index in [1.54, 1.807) is 0 Å². The number of hydrogen-bond acceptors (Lipinski definition) is 7. The van der Waals surface area contributed by atoms with Gasteiger partial charge >= 0.3 is 5.97 Å². The van der Waals surface area contributed by atoms with E-state index >= 15 is 0 Å². The predicted octanol–water partition coefficient (Wildman–Crippen LogP) is 16.7. The molecule has 0 aromatic carbocycles. The Morgan fingerprint density at radius 2 is 0.884 bits per heavy atom. The number of carbonyl (C=O) groups is 2. The SMILES string of the molecule is CCCCC/C=C/C=C/CCCCCCCCC(=O)NC(COP(=O)([O-])OCC[N+](C)(C)C)C(/C=C/CCCCCCCCCCC)OC(=O)CCCCCCCCC/C=C/CCCCCCCC. The van der Waals surface area contributed by atoms with Crippen LogP contribution in [-0.2, 0) is 27.9 Å². The third-order valence-electron chi connectivity index (χ3n) is 12.8. The van der Waals surface area contributed by atoms with E-state index in [1.807, 2.05) is 33.3 Å². The summed E-state index contributed by atoms with van der Waals surface area (Å²) in [6, 6.07) is -0.894. The standard InChI is InChI=1S/C59H111N2O7P/c1-7-10-13-16-19-22-25-27-29-30-32-34-37-40-43-46-49-52-59(63)68-57(50-47-44-41-38-35-24-21-18-15-12-9-3)56(55-67-69(64,65)66-54-53-61(4,5)6)60-58(62)51-48-45-42-39-36-33-31-28-26-23-20-17-14-11-8-2/h20,23,26-29,47,50,56-57H,7-19,21-22,24-25,30-46,48-49,51-55H2,1-6H3,(H-,60,62,64,65)/b23-20+,28-26+,29-27+,50-47+. The fourth-order valence-corrected chi connectivity index (χ4v) is 8.94. The summed E-state index contributed by atoms with van der Waals surface area (Å²) >= 11 is 0. The van der Waals surface area contributed by atoms with Crippen LogP contribution in [0.4, 0.5) is 0 Å². The summed E-state index contributed by atoms with van der Waals surface area (Å²) in [5.41, 5.74) is 0. The molecule has 0 bridgehead atoms. The summed E-state index contributed by atoms with van der Waals surface area (Å²) in [4.78, 5) is 39.8. The first-order valence-electron chi connectivity index (χ1n) is 29.0. The number of allylic oxidation sites excluding steroid dienone is 7. The Hall–Kier alpha value is -2.03. The topological polar surface area (TPSA) is 114 Å². The highest BCUT2D eigenvalue weighted by molar-refractivity contribution is 7.45. The summed E-state index contributed by atoms with van der Waals surface area (Å²) in [6.45, 7) is 6.80. The van der Waals surface area contributed by atoms with Gasteiger partial charge in [-0.1, -0.05) is 217 Å². The molecule has 0 aromatic heterocycles. The van der Waals surface area contributed by atoms with E-state index in [1.165, 1.54) is 128 Å². The molecule has 0 fully saturated rings. The number of nitrogens with one attached hydrogen (secondary N) is 1. The lowest BCUT2D eigenvalue weighted by molar-refractivity contribution is -0.870. The number of hydrogen-bond donors (Lipinski definition) is 1. The number of rotatable bonds is 52. The lowest BCUT2D eigenvalue weighted by Gasteiger charge is -2.30. The number of esters is 1. The highest BCUT2D eigenvalue weighted by atomic mass is 31.2. The lowest BCUT2D eigenvalue weighted by Crippen LogP contribution is -2.47. The molecule has 0 radical (unpaired) electrons. The number of phosphoric ester groups is 1. The second-order valence-corrected chi connectivity index (χ2v) is 22.2. The molecule has 0 saturated heterocycles. The first-order chi connectivity index (χ1) is 33.4. The van der Waals surface area contributed by atoms with Crippen LogP contribution in [0.5, 0.6) is 0 Å². The minimum atomic E-state index is -4.70. The zero-order valence-electron chi connectivity index (χ0n) is 46.0. The first-order valence-corrected chi connectivity index (χ1v) is 30.4. The van der Waals surface area contributed by atoms with E-state index < -0.39 is 26.6 Å². The van der Waals surface area contributed by atoms with Gasteiger partial charge in [0.05, 0.1) is 33.8 Å². The maximum atomic E-state index is 13.5. The summed E-state index contributed by atoms with van der Waals surface area (Å²) in [5.74, 6) is -0.556. The minimum absolute atomic E-state index is 0.0255. The van der Waals surface area contributed by atoms with Crippen LogP contribution in [0.1, 0.15) is 265 Å². The third-order valence-corrected chi connectivity index (χ3v) is 13.7. The van der Waals surface area contributed by atoms with Gasteiger partial charge in [0.2, 0.25) is 5.91 Å². The van der Waals surface area contributed by atoms with Crippen molar-refractivity contribution in [1.29, 1.82) is 0 Å². The molecule has 0 aliphatic heterocycles. The van der Waals surface area contributed by atoms with Gasteiger partial charge in [-0.3, -0.25) is 14.2 Å². The lowest BCUT2D eigenvalue weighted by atomic mass is 10.1. The number of carbonyl (C=O) groups excluding carboxylic acids is 2. The van der Waals surface area contributed by atoms with Crippen molar-refractivity contribution in [1.82, 2.24) is 5.32 Å². The highest BCUT2D eigenvalue weighted by Gasteiger charge is 2.27. The number of ether oxygens (including phenoxy) is 1. The zero-order chi connectivity index (χ0) is 50.8. The molecule has 0 saturated carbocycles. The van der Waals surface area contributed by atoms with E-state index in [-0.39, 0.29) is 24.9 Å².